The Hall–Kier alpha value is -2.37. The van der Waals surface area contributed by atoms with Crippen LogP contribution in [0.1, 0.15) is 18.3 Å². The van der Waals surface area contributed by atoms with Crippen LogP contribution in [0.25, 0.3) is 0 Å². The molecule has 1 aliphatic rings. The minimum atomic E-state index is -0.802. The molecule has 104 valence electrons. The van der Waals surface area contributed by atoms with Gasteiger partial charge in [0.2, 0.25) is 0 Å². The third-order valence-electron chi connectivity index (χ3n) is 3.68. The summed E-state index contributed by atoms with van der Waals surface area (Å²) in [5.74, 6) is -0.0146. The second-order valence-electron chi connectivity index (χ2n) is 4.81. The van der Waals surface area contributed by atoms with Crippen molar-refractivity contribution in [3.63, 3.8) is 0 Å². The molecule has 2 aromatic rings. The lowest BCUT2D eigenvalue weighted by atomic mass is 10.1. The lowest BCUT2D eigenvalue weighted by molar-refractivity contribution is -0.138. The zero-order valence-corrected chi connectivity index (χ0v) is 11.2. The van der Waals surface area contributed by atoms with Gasteiger partial charge in [0.1, 0.15) is 18.2 Å². The Bertz CT molecular complexity index is 638. The van der Waals surface area contributed by atoms with Crippen LogP contribution in [0, 0.1) is 0 Å². The number of carboxylic acids is 1. The highest BCUT2D eigenvalue weighted by Crippen LogP contribution is 2.33. The SMILES string of the molecule is CCn1ncnc1CN1c2ccccc2CC1C(=O)O. The summed E-state index contributed by atoms with van der Waals surface area (Å²) in [4.78, 5) is 17.6. The van der Waals surface area contributed by atoms with Crippen molar-refractivity contribution < 1.29 is 9.90 Å². The molecular formula is C14H16N4O2. The van der Waals surface area contributed by atoms with Crippen LogP contribution >= 0.6 is 0 Å². The van der Waals surface area contributed by atoms with E-state index >= 15 is 0 Å². The van der Waals surface area contributed by atoms with Crippen molar-refractivity contribution in [1.82, 2.24) is 14.8 Å². The smallest absolute Gasteiger partial charge is 0.326 e. The number of fused-ring (bicyclic) bond motifs is 1. The van der Waals surface area contributed by atoms with Gasteiger partial charge in [-0.15, -0.1) is 0 Å². The number of para-hydroxylation sites is 1. The summed E-state index contributed by atoms with van der Waals surface area (Å²) in [5.41, 5.74) is 2.05. The normalized spacial score (nSPS) is 17.2. The van der Waals surface area contributed by atoms with Gasteiger partial charge in [0, 0.05) is 18.7 Å². The van der Waals surface area contributed by atoms with Crippen LogP contribution in [0.15, 0.2) is 30.6 Å². The van der Waals surface area contributed by atoms with E-state index in [4.69, 9.17) is 0 Å². The highest BCUT2D eigenvalue weighted by Gasteiger charge is 2.34. The zero-order chi connectivity index (χ0) is 14.1. The van der Waals surface area contributed by atoms with E-state index in [-0.39, 0.29) is 0 Å². The molecule has 0 saturated carbocycles. The van der Waals surface area contributed by atoms with Gasteiger partial charge >= 0.3 is 5.97 Å². The molecule has 1 aliphatic heterocycles. The molecule has 0 saturated heterocycles. The zero-order valence-electron chi connectivity index (χ0n) is 11.2. The maximum absolute atomic E-state index is 11.5. The summed E-state index contributed by atoms with van der Waals surface area (Å²) in [6.45, 7) is 3.18. The number of nitrogens with zero attached hydrogens (tertiary/aromatic N) is 4. The van der Waals surface area contributed by atoms with E-state index < -0.39 is 12.0 Å². The predicted molar refractivity (Wildman–Crippen MR) is 73.4 cm³/mol. The lowest BCUT2D eigenvalue weighted by Crippen LogP contribution is -2.38. The first-order valence-corrected chi connectivity index (χ1v) is 6.64. The maximum atomic E-state index is 11.5. The first-order valence-electron chi connectivity index (χ1n) is 6.64. The number of carbonyl (C=O) groups is 1. The van der Waals surface area contributed by atoms with Gasteiger partial charge in [-0.2, -0.15) is 5.10 Å². The average molecular weight is 272 g/mol. The summed E-state index contributed by atoms with van der Waals surface area (Å²) in [7, 11) is 0. The minimum Gasteiger partial charge on any atom is -0.480 e. The Morgan fingerprint density at radius 1 is 1.45 bits per heavy atom. The second-order valence-corrected chi connectivity index (χ2v) is 4.81. The van der Waals surface area contributed by atoms with Crippen LogP contribution in [-0.4, -0.2) is 31.9 Å². The van der Waals surface area contributed by atoms with Gasteiger partial charge in [0.15, 0.2) is 0 Å². The highest BCUT2D eigenvalue weighted by atomic mass is 16.4. The highest BCUT2D eigenvalue weighted by molar-refractivity contribution is 5.82. The Morgan fingerprint density at radius 2 is 2.25 bits per heavy atom. The van der Waals surface area contributed by atoms with Crippen LogP contribution < -0.4 is 4.90 Å². The number of hydrogen-bond acceptors (Lipinski definition) is 4. The molecule has 1 N–H and O–H groups in total. The van der Waals surface area contributed by atoms with E-state index in [1.54, 1.807) is 4.68 Å². The quantitative estimate of drug-likeness (QED) is 0.908. The monoisotopic (exact) mass is 272 g/mol. The Kier molecular flexibility index (Phi) is 3.14. The number of rotatable bonds is 4. The standard InChI is InChI=1S/C14H16N4O2/c1-2-18-13(15-9-16-18)8-17-11-6-4-3-5-10(11)7-12(17)14(19)20/h3-6,9,12H,2,7-8H2,1H3,(H,19,20). The predicted octanol–water partition coefficient (Wildman–Crippen LogP) is 1.31. The first-order chi connectivity index (χ1) is 9.70. The van der Waals surface area contributed by atoms with Gasteiger partial charge in [0.05, 0.1) is 6.54 Å². The second kappa shape index (κ2) is 4.96. The molecule has 6 heteroatoms. The minimum absolute atomic E-state index is 0.460. The summed E-state index contributed by atoms with van der Waals surface area (Å²) in [5, 5.41) is 13.6. The van der Waals surface area contributed by atoms with E-state index in [2.05, 4.69) is 10.1 Å². The van der Waals surface area contributed by atoms with Gasteiger partial charge < -0.3 is 10.0 Å². The van der Waals surface area contributed by atoms with E-state index in [0.29, 0.717) is 13.0 Å². The molecule has 1 aromatic heterocycles. The van der Waals surface area contributed by atoms with Crippen LogP contribution in [0.5, 0.6) is 0 Å². The largest absolute Gasteiger partial charge is 0.480 e. The van der Waals surface area contributed by atoms with Crippen LogP contribution in [0.4, 0.5) is 5.69 Å². The molecule has 0 radical (unpaired) electrons. The molecule has 3 rings (SSSR count). The third kappa shape index (κ3) is 2.03. The summed E-state index contributed by atoms with van der Waals surface area (Å²) in [6.07, 6.45) is 2.04. The van der Waals surface area contributed by atoms with Crippen molar-refractivity contribution in [2.45, 2.75) is 32.5 Å². The average Bonchev–Trinajstić information content (AvgIpc) is 3.04. The van der Waals surface area contributed by atoms with E-state index in [1.807, 2.05) is 36.1 Å². The molecule has 0 fully saturated rings. The van der Waals surface area contributed by atoms with Crippen molar-refractivity contribution in [3.8, 4) is 0 Å². The molecule has 0 bridgehead atoms. The first kappa shape index (κ1) is 12.7. The van der Waals surface area contributed by atoms with Gasteiger partial charge in [-0.3, -0.25) is 0 Å². The number of carboxylic acid groups (broad SMARTS) is 1. The maximum Gasteiger partial charge on any atom is 0.326 e. The van der Waals surface area contributed by atoms with E-state index in [1.165, 1.54) is 6.33 Å². The molecule has 0 spiro atoms. The molecule has 20 heavy (non-hydrogen) atoms. The molecule has 1 atom stereocenters. The van der Waals surface area contributed by atoms with E-state index in [9.17, 15) is 9.90 Å². The summed E-state index contributed by atoms with van der Waals surface area (Å²) >= 11 is 0. The van der Waals surface area contributed by atoms with Gasteiger partial charge in [-0.25, -0.2) is 14.5 Å². The van der Waals surface area contributed by atoms with Crippen molar-refractivity contribution in [2.75, 3.05) is 4.90 Å². The van der Waals surface area contributed by atoms with Gasteiger partial charge in [0.25, 0.3) is 0 Å². The van der Waals surface area contributed by atoms with Crippen molar-refractivity contribution in [2.24, 2.45) is 0 Å². The van der Waals surface area contributed by atoms with Gasteiger partial charge in [-0.1, -0.05) is 18.2 Å². The molecule has 1 unspecified atom stereocenters. The molecule has 2 heterocycles. The Balaban J connectivity index is 1.95. The fourth-order valence-corrected chi connectivity index (χ4v) is 2.69. The number of aryl methyl sites for hydroxylation is 1. The number of aromatic nitrogens is 3. The fraction of sp³-hybridized carbons (Fsp3) is 0.357. The summed E-state index contributed by atoms with van der Waals surface area (Å²) in [6, 6.07) is 7.28. The van der Waals surface area contributed by atoms with Gasteiger partial charge in [-0.05, 0) is 18.6 Å². The van der Waals surface area contributed by atoms with Crippen LogP contribution in [0.2, 0.25) is 0 Å². The van der Waals surface area contributed by atoms with Crippen molar-refractivity contribution in [1.29, 1.82) is 0 Å². The molecule has 0 amide bonds. The Labute approximate surface area is 116 Å². The molecule has 0 aliphatic carbocycles. The number of anilines is 1. The topological polar surface area (TPSA) is 71.2 Å². The number of hydrogen-bond donors (Lipinski definition) is 1. The van der Waals surface area contributed by atoms with E-state index in [0.717, 1.165) is 23.6 Å². The number of benzene rings is 1. The van der Waals surface area contributed by atoms with Crippen molar-refractivity contribution in [3.05, 3.63) is 42.0 Å². The van der Waals surface area contributed by atoms with Crippen molar-refractivity contribution >= 4 is 11.7 Å². The third-order valence-corrected chi connectivity index (χ3v) is 3.68. The number of aliphatic carboxylic acids is 1. The lowest BCUT2D eigenvalue weighted by Gasteiger charge is -2.24. The van der Waals surface area contributed by atoms with Crippen LogP contribution in [-0.2, 0) is 24.3 Å². The molecule has 6 nitrogen and oxygen atoms in total. The molecular weight excluding hydrogens is 256 g/mol. The molecule has 1 aromatic carbocycles. The van der Waals surface area contributed by atoms with Crippen LogP contribution in [0.3, 0.4) is 0 Å². The fourth-order valence-electron chi connectivity index (χ4n) is 2.69. The Morgan fingerprint density at radius 3 is 3.00 bits per heavy atom. The summed E-state index contributed by atoms with van der Waals surface area (Å²) < 4.78 is 1.79.